The molecule has 0 aliphatic rings. The van der Waals surface area contributed by atoms with Gasteiger partial charge in [0.1, 0.15) is 0 Å². The molecule has 0 spiro atoms. The summed E-state index contributed by atoms with van der Waals surface area (Å²) in [6.45, 7) is 2.86. The second-order valence-electron chi connectivity index (χ2n) is 5.19. The Balaban J connectivity index is 0.00000208. The molecule has 0 atom stereocenters. The highest BCUT2D eigenvalue weighted by Gasteiger charge is 2.30. The van der Waals surface area contributed by atoms with Crippen molar-refractivity contribution in [1.82, 2.24) is 4.98 Å². The zero-order valence-electron chi connectivity index (χ0n) is 12.9. The Morgan fingerprint density at radius 3 is 2.46 bits per heavy atom. The smallest absolute Gasteiger partial charge is 0.340 e. The molecule has 2 heterocycles. The second kappa shape index (κ2) is 7.40. The number of thiophene rings is 1. The molecule has 0 saturated heterocycles. The van der Waals surface area contributed by atoms with Crippen molar-refractivity contribution in [3.05, 3.63) is 53.7 Å². The van der Waals surface area contributed by atoms with E-state index in [0.717, 1.165) is 35.8 Å². The van der Waals surface area contributed by atoms with Crippen LogP contribution in [0, 0.1) is 0 Å². The van der Waals surface area contributed by atoms with Crippen LogP contribution in [0.5, 0.6) is 0 Å². The number of hydrogen-bond acceptors (Lipinski definition) is 3. The van der Waals surface area contributed by atoms with Gasteiger partial charge < -0.3 is 4.90 Å². The number of aromatic nitrogens is 1. The monoisotopic (exact) mass is 372 g/mol. The number of alkyl halides is 3. The number of rotatable bonds is 4. The van der Waals surface area contributed by atoms with Crippen LogP contribution in [0.1, 0.15) is 18.9 Å². The van der Waals surface area contributed by atoms with Gasteiger partial charge in [0, 0.05) is 40.1 Å². The Morgan fingerprint density at radius 2 is 1.83 bits per heavy atom. The van der Waals surface area contributed by atoms with Gasteiger partial charge in [0.05, 0.1) is 11.3 Å². The highest BCUT2D eigenvalue weighted by molar-refractivity contribution is 7.17. The van der Waals surface area contributed by atoms with Crippen LogP contribution in [0.15, 0.2) is 48.1 Å². The van der Waals surface area contributed by atoms with Crippen LogP contribution >= 0.6 is 23.7 Å². The van der Waals surface area contributed by atoms with Gasteiger partial charge in [0.25, 0.3) is 0 Å². The minimum atomic E-state index is -4.31. The number of halogens is 4. The van der Waals surface area contributed by atoms with Crippen LogP contribution < -0.4 is 4.90 Å². The third kappa shape index (κ3) is 3.65. The first-order chi connectivity index (χ1) is 11.0. The molecule has 0 saturated carbocycles. The predicted molar refractivity (Wildman–Crippen MR) is 95.6 cm³/mol. The van der Waals surface area contributed by atoms with E-state index < -0.39 is 11.7 Å². The second-order valence-corrected chi connectivity index (χ2v) is 6.10. The van der Waals surface area contributed by atoms with E-state index in [0.29, 0.717) is 4.70 Å². The molecule has 2 nitrogen and oxygen atoms in total. The van der Waals surface area contributed by atoms with Crippen molar-refractivity contribution in [3.8, 4) is 0 Å². The highest BCUT2D eigenvalue weighted by atomic mass is 35.5. The molecule has 3 aromatic rings. The van der Waals surface area contributed by atoms with E-state index in [2.05, 4.69) is 16.8 Å². The molecule has 0 aliphatic carbocycles. The number of pyridine rings is 1. The quantitative estimate of drug-likeness (QED) is 0.535. The first-order valence-electron chi connectivity index (χ1n) is 7.26. The molecule has 24 heavy (non-hydrogen) atoms. The first kappa shape index (κ1) is 18.5. The Labute approximate surface area is 148 Å². The van der Waals surface area contributed by atoms with Crippen molar-refractivity contribution in [1.29, 1.82) is 0 Å². The van der Waals surface area contributed by atoms with E-state index in [9.17, 15) is 13.2 Å². The van der Waals surface area contributed by atoms with E-state index in [1.54, 1.807) is 18.5 Å². The topological polar surface area (TPSA) is 16.1 Å². The minimum absolute atomic E-state index is 0. The van der Waals surface area contributed by atoms with E-state index in [1.807, 2.05) is 17.5 Å². The zero-order valence-corrected chi connectivity index (χ0v) is 14.5. The van der Waals surface area contributed by atoms with Crippen LogP contribution in [-0.4, -0.2) is 11.5 Å². The predicted octanol–water partition coefficient (Wildman–Crippen LogP) is 6.29. The molecule has 0 bridgehead atoms. The van der Waals surface area contributed by atoms with Crippen molar-refractivity contribution in [2.75, 3.05) is 11.4 Å². The molecule has 7 heteroatoms. The number of benzene rings is 1. The van der Waals surface area contributed by atoms with Crippen molar-refractivity contribution in [2.24, 2.45) is 0 Å². The van der Waals surface area contributed by atoms with E-state index in [1.165, 1.54) is 17.4 Å². The van der Waals surface area contributed by atoms with Gasteiger partial charge in [-0.2, -0.15) is 13.2 Å². The minimum Gasteiger partial charge on any atom is -0.340 e. The zero-order chi connectivity index (χ0) is 16.4. The van der Waals surface area contributed by atoms with Gasteiger partial charge >= 0.3 is 6.18 Å². The average Bonchev–Trinajstić information content (AvgIpc) is 2.95. The van der Waals surface area contributed by atoms with Crippen LogP contribution in [0.25, 0.3) is 10.1 Å². The van der Waals surface area contributed by atoms with Crippen LogP contribution in [0.4, 0.5) is 24.5 Å². The largest absolute Gasteiger partial charge is 0.416 e. The van der Waals surface area contributed by atoms with Gasteiger partial charge in [-0.25, -0.2) is 0 Å². The summed E-state index contributed by atoms with van der Waals surface area (Å²) in [4.78, 5) is 6.14. The lowest BCUT2D eigenvalue weighted by atomic mass is 10.1. The third-order valence-corrected chi connectivity index (χ3v) is 4.53. The van der Waals surface area contributed by atoms with Gasteiger partial charge in [-0.15, -0.1) is 23.7 Å². The molecule has 128 valence electrons. The summed E-state index contributed by atoms with van der Waals surface area (Å²) in [6.07, 6.45) is 0.0511. The van der Waals surface area contributed by atoms with Crippen molar-refractivity contribution >= 4 is 45.2 Å². The SMILES string of the molecule is CCCN(c1ccncc1)c1csc2cc(C(F)(F)F)ccc12.Cl. The van der Waals surface area contributed by atoms with Gasteiger partial charge in [-0.05, 0) is 30.7 Å². The van der Waals surface area contributed by atoms with Gasteiger partial charge in [-0.3, -0.25) is 4.98 Å². The molecule has 2 aromatic heterocycles. The molecule has 3 rings (SSSR count). The highest BCUT2D eigenvalue weighted by Crippen LogP contribution is 2.39. The molecule has 0 amide bonds. The molecule has 0 radical (unpaired) electrons. The first-order valence-corrected chi connectivity index (χ1v) is 8.14. The normalized spacial score (nSPS) is 11.3. The molecule has 0 fully saturated rings. The lowest BCUT2D eigenvalue weighted by molar-refractivity contribution is -0.137. The summed E-state index contributed by atoms with van der Waals surface area (Å²) in [5.41, 5.74) is 1.32. The maximum absolute atomic E-state index is 12.9. The van der Waals surface area contributed by atoms with Crippen molar-refractivity contribution < 1.29 is 13.2 Å². The Bertz CT molecular complexity index is 802. The van der Waals surface area contributed by atoms with Crippen molar-refractivity contribution in [3.63, 3.8) is 0 Å². The summed E-state index contributed by atoms with van der Waals surface area (Å²) < 4.78 is 39.2. The number of fused-ring (bicyclic) bond motifs is 1. The standard InChI is InChI=1S/C17H15F3N2S.ClH/c1-2-9-22(13-5-7-21-8-6-13)15-11-23-16-10-12(17(18,19)20)3-4-14(15)16;/h3-8,10-11H,2,9H2,1H3;1H. The Hall–Kier alpha value is -1.79. The fourth-order valence-corrected chi connectivity index (χ4v) is 3.52. The summed E-state index contributed by atoms with van der Waals surface area (Å²) in [5, 5.41) is 2.76. The van der Waals surface area contributed by atoms with E-state index in [4.69, 9.17) is 0 Å². The van der Waals surface area contributed by atoms with Gasteiger partial charge in [0.15, 0.2) is 0 Å². The lowest BCUT2D eigenvalue weighted by Gasteiger charge is -2.23. The molecule has 0 N–H and O–H groups in total. The number of anilines is 2. The Morgan fingerprint density at radius 1 is 1.12 bits per heavy atom. The Kier molecular flexibility index (Phi) is 5.72. The third-order valence-electron chi connectivity index (χ3n) is 3.59. The average molecular weight is 373 g/mol. The molecular formula is C17H16ClF3N2S. The molecule has 1 aromatic carbocycles. The number of nitrogens with zero attached hydrogens (tertiary/aromatic N) is 2. The molecule has 0 aliphatic heterocycles. The van der Waals surface area contributed by atoms with E-state index in [-0.39, 0.29) is 12.4 Å². The van der Waals surface area contributed by atoms with E-state index >= 15 is 0 Å². The van der Waals surface area contributed by atoms with Gasteiger partial charge in [0.2, 0.25) is 0 Å². The molecular weight excluding hydrogens is 357 g/mol. The summed E-state index contributed by atoms with van der Waals surface area (Å²) in [7, 11) is 0. The maximum Gasteiger partial charge on any atom is 0.416 e. The number of hydrogen-bond donors (Lipinski definition) is 0. The van der Waals surface area contributed by atoms with Crippen molar-refractivity contribution in [2.45, 2.75) is 19.5 Å². The lowest BCUT2D eigenvalue weighted by Crippen LogP contribution is -2.17. The summed E-state index contributed by atoms with van der Waals surface area (Å²) in [6, 6.07) is 7.75. The van der Waals surface area contributed by atoms with Crippen LogP contribution in [0.2, 0.25) is 0 Å². The fourth-order valence-electron chi connectivity index (χ4n) is 2.54. The fraction of sp³-hybridized carbons (Fsp3) is 0.235. The maximum atomic E-state index is 12.9. The van der Waals surface area contributed by atoms with Gasteiger partial charge in [-0.1, -0.05) is 13.0 Å². The molecule has 0 unspecified atom stereocenters. The van der Waals surface area contributed by atoms with Crippen LogP contribution in [0.3, 0.4) is 0 Å². The summed E-state index contributed by atoms with van der Waals surface area (Å²) >= 11 is 1.34. The van der Waals surface area contributed by atoms with Crippen LogP contribution in [-0.2, 0) is 6.18 Å². The summed E-state index contributed by atoms with van der Waals surface area (Å²) in [5.74, 6) is 0.